The molecule has 0 saturated heterocycles. The maximum atomic E-state index is 12.0. The van der Waals surface area contributed by atoms with Gasteiger partial charge in [0.15, 0.2) is 0 Å². The minimum atomic E-state index is -0.220. The Hall–Kier alpha value is -1.56. The Morgan fingerprint density at radius 1 is 1.13 bits per heavy atom. The smallest absolute Gasteiger partial charge is 0.251 e. The first-order chi connectivity index (χ1) is 11.0. The molecule has 4 nitrogen and oxygen atoms in total. The summed E-state index contributed by atoms with van der Waals surface area (Å²) in [6.45, 7) is 0.803. The Labute approximate surface area is 149 Å². The van der Waals surface area contributed by atoms with Gasteiger partial charge in [0.2, 0.25) is 5.91 Å². The standard InChI is InChI=1S/C16H16Cl2N2O2S/c1-20(10-13-6-7-14(18)23-13)15(21)8-9-19-16(22)11-2-4-12(17)5-3-11/h2-7H,8-10H2,1H3,(H,19,22). The highest BCUT2D eigenvalue weighted by molar-refractivity contribution is 7.16. The second kappa shape index (κ2) is 8.34. The average molecular weight is 371 g/mol. The van der Waals surface area contributed by atoms with Crippen LogP contribution >= 0.6 is 34.5 Å². The number of rotatable bonds is 6. The fourth-order valence-corrected chi connectivity index (χ4v) is 3.20. The molecular formula is C16H16Cl2N2O2S. The van der Waals surface area contributed by atoms with Crippen LogP contribution in [0.15, 0.2) is 36.4 Å². The molecule has 0 spiro atoms. The highest BCUT2D eigenvalue weighted by Gasteiger charge is 2.11. The first-order valence-corrected chi connectivity index (χ1v) is 8.55. The van der Waals surface area contributed by atoms with E-state index in [-0.39, 0.29) is 24.8 Å². The summed E-state index contributed by atoms with van der Waals surface area (Å²) < 4.78 is 0.705. The van der Waals surface area contributed by atoms with Crippen LogP contribution < -0.4 is 5.32 Å². The second-order valence-corrected chi connectivity index (χ2v) is 7.20. The second-order valence-electron chi connectivity index (χ2n) is 4.97. The molecule has 1 heterocycles. The first-order valence-electron chi connectivity index (χ1n) is 6.97. The first kappa shape index (κ1) is 17.8. The van der Waals surface area contributed by atoms with Crippen molar-refractivity contribution in [2.45, 2.75) is 13.0 Å². The SMILES string of the molecule is CN(Cc1ccc(Cl)s1)C(=O)CCNC(=O)c1ccc(Cl)cc1. The van der Waals surface area contributed by atoms with Crippen molar-refractivity contribution in [3.8, 4) is 0 Å². The van der Waals surface area contributed by atoms with Gasteiger partial charge in [-0.3, -0.25) is 9.59 Å². The molecule has 1 N–H and O–H groups in total. The van der Waals surface area contributed by atoms with E-state index in [0.29, 0.717) is 21.5 Å². The molecular weight excluding hydrogens is 355 g/mol. The summed E-state index contributed by atoms with van der Waals surface area (Å²) in [4.78, 5) is 26.6. The number of thiophene rings is 1. The van der Waals surface area contributed by atoms with E-state index in [1.807, 2.05) is 12.1 Å². The van der Waals surface area contributed by atoms with Gasteiger partial charge >= 0.3 is 0 Å². The molecule has 0 aliphatic heterocycles. The van der Waals surface area contributed by atoms with Crippen molar-refractivity contribution in [3.05, 3.63) is 56.2 Å². The Morgan fingerprint density at radius 2 is 1.83 bits per heavy atom. The summed E-state index contributed by atoms with van der Waals surface area (Å²) in [6, 6.07) is 10.3. The molecule has 0 saturated carbocycles. The summed E-state index contributed by atoms with van der Waals surface area (Å²) in [6.07, 6.45) is 0.245. The third-order valence-electron chi connectivity index (χ3n) is 3.18. The number of hydrogen-bond acceptors (Lipinski definition) is 3. The van der Waals surface area contributed by atoms with Gasteiger partial charge in [-0.25, -0.2) is 0 Å². The topological polar surface area (TPSA) is 49.4 Å². The molecule has 0 atom stereocenters. The van der Waals surface area contributed by atoms with E-state index in [0.717, 1.165) is 4.88 Å². The van der Waals surface area contributed by atoms with Crippen LogP contribution in [0.3, 0.4) is 0 Å². The number of nitrogens with zero attached hydrogens (tertiary/aromatic N) is 1. The summed E-state index contributed by atoms with van der Waals surface area (Å²) >= 11 is 13.1. The molecule has 122 valence electrons. The fraction of sp³-hybridized carbons (Fsp3) is 0.250. The van der Waals surface area contributed by atoms with Crippen LogP contribution in [0.4, 0.5) is 0 Å². The average Bonchev–Trinajstić information content (AvgIpc) is 2.92. The molecule has 2 amide bonds. The maximum absolute atomic E-state index is 12.0. The van der Waals surface area contributed by atoms with Crippen molar-refractivity contribution >= 4 is 46.4 Å². The maximum Gasteiger partial charge on any atom is 0.251 e. The Bertz CT molecular complexity index is 686. The zero-order valence-corrected chi connectivity index (χ0v) is 14.8. The minimum absolute atomic E-state index is 0.0362. The van der Waals surface area contributed by atoms with Crippen molar-refractivity contribution < 1.29 is 9.59 Å². The van der Waals surface area contributed by atoms with E-state index >= 15 is 0 Å². The van der Waals surface area contributed by atoms with Crippen molar-refractivity contribution in [1.29, 1.82) is 0 Å². The Kier molecular flexibility index (Phi) is 6.45. The number of carbonyl (C=O) groups is 2. The molecule has 1 aromatic carbocycles. The predicted octanol–water partition coefficient (Wildman–Crippen LogP) is 3.83. The van der Waals surface area contributed by atoms with Gasteiger partial charge in [-0.15, -0.1) is 11.3 Å². The van der Waals surface area contributed by atoms with Crippen LogP contribution in [-0.2, 0) is 11.3 Å². The molecule has 2 rings (SSSR count). The van der Waals surface area contributed by atoms with Crippen molar-refractivity contribution in [2.75, 3.05) is 13.6 Å². The lowest BCUT2D eigenvalue weighted by Crippen LogP contribution is -2.31. The molecule has 2 aromatic rings. The molecule has 23 heavy (non-hydrogen) atoms. The van der Waals surface area contributed by atoms with E-state index in [1.54, 1.807) is 36.2 Å². The molecule has 0 radical (unpaired) electrons. The summed E-state index contributed by atoms with van der Waals surface area (Å²) in [5, 5.41) is 3.30. The number of carbonyl (C=O) groups excluding carboxylic acids is 2. The quantitative estimate of drug-likeness (QED) is 0.839. The molecule has 0 bridgehead atoms. The van der Waals surface area contributed by atoms with Crippen molar-refractivity contribution in [2.24, 2.45) is 0 Å². The van der Waals surface area contributed by atoms with E-state index in [1.165, 1.54) is 11.3 Å². The van der Waals surface area contributed by atoms with Crippen LogP contribution in [0, 0.1) is 0 Å². The van der Waals surface area contributed by atoms with E-state index in [9.17, 15) is 9.59 Å². The largest absolute Gasteiger partial charge is 0.352 e. The summed E-state index contributed by atoms with van der Waals surface area (Å²) in [5.41, 5.74) is 0.517. The van der Waals surface area contributed by atoms with Crippen LogP contribution in [0.1, 0.15) is 21.7 Å². The number of halogens is 2. The normalized spacial score (nSPS) is 10.4. The van der Waals surface area contributed by atoms with Crippen LogP contribution in [0.2, 0.25) is 9.36 Å². The summed E-state index contributed by atoms with van der Waals surface area (Å²) in [5.74, 6) is -0.256. The monoisotopic (exact) mass is 370 g/mol. The summed E-state index contributed by atoms with van der Waals surface area (Å²) in [7, 11) is 1.73. The zero-order chi connectivity index (χ0) is 16.8. The van der Waals surface area contributed by atoms with Gasteiger partial charge in [-0.1, -0.05) is 23.2 Å². The van der Waals surface area contributed by atoms with E-state index in [4.69, 9.17) is 23.2 Å². The van der Waals surface area contributed by atoms with Crippen molar-refractivity contribution in [1.82, 2.24) is 10.2 Å². The van der Waals surface area contributed by atoms with Gasteiger partial charge in [0.1, 0.15) is 0 Å². The van der Waals surface area contributed by atoms with E-state index in [2.05, 4.69) is 5.32 Å². The Balaban J connectivity index is 1.75. The van der Waals surface area contributed by atoms with Crippen LogP contribution in [-0.4, -0.2) is 30.3 Å². The molecule has 0 aliphatic rings. The molecule has 7 heteroatoms. The highest BCUT2D eigenvalue weighted by atomic mass is 35.5. The van der Waals surface area contributed by atoms with Crippen LogP contribution in [0.5, 0.6) is 0 Å². The Morgan fingerprint density at radius 3 is 2.43 bits per heavy atom. The predicted molar refractivity (Wildman–Crippen MR) is 94.2 cm³/mol. The van der Waals surface area contributed by atoms with Gasteiger partial charge < -0.3 is 10.2 Å². The number of hydrogen-bond donors (Lipinski definition) is 1. The van der Waals surface area contributed by atoms with Gasteiger partial charge in [-0.2, -0.15) is 0 Å². The molecule has 1 aromatic heterocycles. The zero-order valence-electron chi connectivity index (χ0n) is 12.5. The van der Waals surface area contributed by atoms with Gasteiger partial charge in [0.05, 0.1) is 10.9 Å². The number of nitrogens with one attached hydrogen (secondary N) is 1. The van der Waals surface area contributed by atoms with Crippen LogP contribution in [0.25, 0.3) is 0 Å². The molecule has 0 unspecified atom stereocenters. The fourth-order valence-electron chi connectivity index (χ4n) is 1.94. The number of benzene rings is 1. The van der Waals surface area contributed by atoms with Gasteiger partial charge in [0, 0.05) is 35.5 Å². The lowest BCUT2D eigenvalue weighted by molar-refractivity contribution is -0.130. The lowest BCUT2D eigenvalue weighted by Gasteiger charge is -2.16. The van der Waals surface area contributed by atoms with Gasteiger partial charge in [-0.05, 0) is 36.4 Å². The molecule has 0 fully saturated rings. The number of amides is 2. The third kappa shape index (κ3) is 5.53. The minimum Gasteiger partial charge on any atom is -0.352 e. The van der Waals surface area contributed by atoms with E-state index < -0.39 is 0 Å². The van der Waals surface area contributed by atoms with Gasteiger partial charge in [0.25, 0.3) is 5.91 Å². The van der Waals surface area contributed by atoms with Crippen molar-refractivity contribution in [3.63, 3.8) is 0 Å². The third-order valence-corrected chi connectivity index (χ3v) is 4.65. The highest BCUT2D eigenvalue weighted by Crippen LogP contribution is 2.22. The molecule has 0 aliphatic carbocycles. The lowest BCUT2D eigenvalue weighted by atomic mass is 10.2.